The highest BCUT2D eigenvalue weighted by Gasteiger charge is 2.03. The molecule has 1 rings (SSSR count). The largest absolute Gasteiger partial charge is 0.391 e. The molecule has 0 bridgehead atoms. The maximum absolute atomic E-state index is 12.7. The van der Waals surface area contributed by atoms with Crippen LogP contribution in [0.4, 0.5) is 4.39 Å². The Morgan fingerprint density at radius 1 is 1.62 bits per heavy atom. The second kappa shape index (κ2) is 4.18. The summed E-state index contributed by atoms with van der Waals surface area (Å²) in [7, 11) is 0. The number of hydrogen-bond donors (Lipinski definition) is 1. The average molecular weight is 185 g/mol. The fourth-order valence-electron chi connectivity index (χ4n) is 1.00. The average Bonchev–Trinajstić information content (AvgIpc) is 2.11. The van der Waals surface area contributed by atoms with E-state index in [1.54, 1.807) is 6.92 Å². The number of aliphatic hydroxyl groups is 1. The zero-order valence-corrected chi connectivity index (χ0v) is 7.40. The summed E-state index contributed by atoms with van der Waals surface area (Å²) in [5, 5.41) is 9.24. The molecule has 3 nitrogen and oxygen atoms in total. The lowest BCUT2D eigenvalue weighted by Crippen LogP contribution is -2.25. The van der Waals surface area contributed by atoms with E-state index in [1.165, 1.54) is 4.57 Å². The third kappa shape index (κ3) is 2.66. The maximum Gasteiger partial charge on any atom is 0.250 e. The van der Waals surface area contributed by atoms with Gasteiger partial charge in [-0.25, -0.2) is 4.39 Å². The van der Waals surface area contributed by atoms with Gasteiger partial charge in [0.25, 0.3) is 5.56 Å². The van der Waals surface area contributed by atoms with Gasteiger partial charge in [0.2, 0.25) is 0 Å². The maximum atomic E-state index is 12.7. The monoisotopic (exact) mass is 185 g/mol. The molecule has 1 aromatic heterocycles. The van der Waals surface area contributed by atoms with Crippen molar-refractivity contribution < 1.29 is 9.50 Å². The van der Waals surface area contributed by atoms with E-state index in [4.69, 9.17) is 0 Å². The minimum absolute atomic E-state index is 0.146. The van der Waals surface area contributed by atoms with Crippen molar-refractivity contribution in [2.45, 2.75) is 26.0 Å². The summed E-state index contributed by atoms with van der Waals surface area (Å²) in [4.78, 5) is 11.1. The van der Waals surface area contributed by atoms with Crippen LogP contribution in [-0.4, -0.2) is 15.8 Å². The number of pyridine rings is 1. The molecule has 0 aromatic carbocycles. The van der Waals surface area contributed by atoms with E-state index in [2.05, 4.69) is 0 Å². The summed E-state index contributed by atoms with van der Waals surface area (Å²) in [5.74, 6) is -0.470. The fourth-order valence-corrected chi connectivity index (χ4v) is 1.00. The summed E-state index contributed by atoms with van der Waals surface area (Å²) in [5.41, 5.74) is -0.297. The van der Waals surface area contributed by atoms with Gasteiger partial charge in [-0.15, -0.1) is 0 Å². The normalized spacial score (nSPS) is 12.8. The van der Waals surface area contributed by atoms with Crippen molar-refractivity contribution in [2.75, 3.05) is 0 Å². The van der Waals surface area contributed by atoms with Crippen molar-refractivity contribution in [3.05, 3.63) is 34.5 Å². The van der Waals surface area contributed by atoms with Crippen molar-refractivity contribution in [3.63, 3.8) is 0 Å². The number of nitrogens with zero attached hydrogens (tertiary/aromatic N) is 1. The van der Waals surface area contributed by atoms with Crippen LogP contribution in [0, 0.1) is 5.82 Å². The summed E-state index contributed by atoms with van der Waals surface area (Å²) in [6.07, 6.45) is 1.05. The zero-order valence-electron chi connectivity index (χ0n) is 7.40. The van der Waals surface area contributed by atoms with Crippen LogP contribution < -0.4 is 5.56 Å². The van der Waals surface area contributed by atoms with Crippen LogP contribution in [-0.2, 0) is 6.54 Å². The molecule has 0 radical (unpaired) electrons. The molecule has 0 saturated carbocycles. The first-order valence-electron chi connectivity index (χ1n) is 4.17. The Morgan fingerprint density at radius 3 is 2.92 bits per heavy atom. The lowest BCUT2D eigenvalue weighted by Gasteiger charge is -2.09. The predicted octanol–water partition coefficient (Wildman–Crippen LogP) is 0.758. The number of aromatic nitrogens is 1. The number of rotatable bonds is 3. The predicted molar refractivity (Wildman–Crippen MR) is 47.0 cm³/mol. The van der Waals surface area contributed by atoms with Gasteiger partial charge in [0.15, 0.2) is 0 Å². The first-order valence-corrected chi connectivity index (χ1v) is 4.17. The molecule has 0 aliphatic carbocycles. The summed E-state index contributed by atoms with van der Waals surface area (Å²) >= 11 is 0. The van der Waals surface area contributed by atoms with Crippen LogP contribution in [0.15, 0.2) is 23.1 Å². The van der Waals surface area contributed by atoms with Gasteiger partial charge in [0.1, 0.15) is 5.82 Å². The molecule has 1 N–H and O–H groups in total. The molecule has 4 heteroatoms. The highest BCUT2D eigenvalue weighted by Crippen LogP contribution is 1.96. The second-order valence-electron chi connectivity index (χ2n) is 2.90. The Hall–Kier alpha value is -1.16. The Labute approximate surface area is 75.4 Å². The zero-order chi connectivity index (χ0) is 9.84. The fraction of sp³-hybridized carbons (Fsp3) is 0.444. The van der Waals surface area contributed by atoms with E-state index in [0.29, 0.717) is 6.42 Å². The van der Waals surface area contributed by atoms with E-state index in [-0.39, 0.29) is 12.1 Å². The van der Waals surface area contributed by atoms with Gasteiger partial charge >= 0.3 is 0 Å². The molecule has 1 unspecified atom stereocenters. The topological polar surface area (TPSA) is 42.2 Å². The number of halogens is 1. The first kappa shape index (κ1) is 9.92. The van der Waals surface area contributed by atoms with Crippen LogP contribution >= 0.6 is 0 Å². The summed E-state index contributed by atoms with van der Waals surface area (Å²) < 4.78 is 13.8. The Morgan fingerprint density at radius 2 is 2.31 bits per heavy atom. The second-order valence-corrected chi connectivity index (χ2v) is 2.90. The summed E-state index contributed by atoms with van der Waals surface area (Å²) in [6.45, 7) is 1.95. The molecule has 0 amide bonds. The van der Waals surface area contributed by atoms with Gasteiger partial charge in [-0.1, -0.05) is 6.92 Å². The van der Waals surface area contributed by atoms with Crippen molar-refractivity contribution in [2.24, 2.45) is 0 Å². The Kier molecular flexibility index (Phi) is 3.19. The molecule has 1 heterocycles. The van der Waals surface area contributed by atoms with E-state index in [0.717, 1.165) is 18.3 Å². The molecule has 0 aliphatic rings. The highest BCUT2D eigenvalue weighted by molar-refractivity contribution is 4.96. The number of hydrogen-bond acceptors (Lipinski definition) is 2. The molecule has 72 valence electrons. The molecular weight excluding hydrogens is 173 g/mol. The van der Waals surface area contributed by atoms with E-state index < -0.39 is 11.9 Å². The molecule has 1 aromatic rings. The standard InChI is InChI=1S/C9H12FNO2/c1-2-8(12)6-11-5-7(10)3-4-9(11)13/h3-5,8,12H,2,6H2,1H3. The SMILES string of the molecule is CCC(O)Cn1cc(F)ccc1=O. The van der Waals surface area contributed by atoms with Crippen LogP contribution in [0.1, 0.15) is 13.3 Å². The van der Waals surface area contributed by atoms with Crippen molar-refractivity contribution in [1.29, 1.82) is 0 Å². The lowest BCUT2D eigenvalue weighted by molar-refractivity contribution is 0.148. The first-order chi connectivity index (χ1) is 6.13. The third-order valence-electron chi connectivity index (χ3n) is 1.83. The Balaban J connectivity index is 2.87. The lowest BCUT2D eigenvalue weighted by atomic mass is 10.3. The minimum Gasteiger partial charge on any atom is -0.391 e. The molecular formula is C9H12FNO2. The van der Waals surface area contributed by atoms with Crippen LogP contribution in [0.5, 0.6) is 0 Å². The number of aliphatic hydroxyl groups excluding tert-OH is 1. The molecule has 13 heavy (non-hydrogen) atoms. The molecule has 1 atom stereocenters. The quantitative estimate of drug-likeness (QED) is 0.755. The van der Waals surface area contributed by atoms with E-state index in [9.17, 15) is 14.3 Å². The van der Waals surface area contributed by atoms with Crippen molar-refractivity contribution in [3.8, 4) is 0 Å². The molecule has 0 fully saturated rings. The third-order valence-corrected chi connectivity index (χ3v) is 1.83. The molecule has 0 aliphatic heterocycles. The van der Waals surface area contributed by atoms with Gasteiger partial charge in [0.05, 0.1) is 12.6 Å². The van der Waals surface area contributed by atoms with Crippen LogP contribution in [0.25, 0.3) is 0 Å². The van der Waals surface area contributed by atoms with Crippen molar-refractivity contribution >= 4 is 0 Å². The molecule has 0 saturated heterocycles. The molecule has 0 spiro atoms. The van der Waals surface area contributed by atoms with Gasteiger partial charge < -0.3 is 9.67 Å². The Bertz CT molecular complexity index is 335. The van der Waals surface area contributed by atoms with E-state index >= 15 is 0 Å². The summed E-state index contributed by atoms with van der Waals surface area (Å²) in [6, 6.07) is 2.26. The van der Waals surface area contributed by atoms with Gasteiger partial charge in [-0.2, -0.15) is 0 Å². The van der Waals surface area contributed by atoms with E-state index in [1.807, 2.05) is 0 Å². The van der Waals surface area contributed by atoms with Gasteiger partial charge in [0, 0.05) is 12.3 Å². The van der Waals surface area contributed by atoms with Crippen LogP contribution in [0.3, 0.4) is 0 Å². The highest BCUT2D eigenvalue weighted by atomic mass is 19.1. The smallest absolute Gasteiger partial charge is 0.250 e. The van der Waals surface area contributed by atoms with Gasteiger partial charge in [-0.05, 0) is 12.5 Å². The minimum atomic E-state index is -0.598. The van der Waals surface area contributed by atoms with Gasteiger partial charge in [-0.3, -0.25) is 4.79 Å². The van der Waals surface area contributed by atoms with Crippen LogP contribution in [0.2, 0.25) is 0 Å². The van der Waals surface area contributed by atoms with Crippen molar-refractivity contribution in [1.82, 2.24) is 4.57 Å².